The molecule has 0 saturated carbocycles. The molecule has 0 radical (unpaired) electrons. The summed E-state index contributed by atoms with van der Waals surface area (Å²) in [5.74, 6) is -1.13. The van der Waals surface area contributed by atoms with Gasteiger partial charge in [-0.25, -0.2) is 8.42 Å². The topological polar surface area (TPSA) is 97.5 Å². The van der Waals surface area contributed by atoms with Crippen LogP contribution in [0.3, 0.4) is 0 Å². The standard InChI is InChI=1S/C5H10ClNO4S/c1-12(10,11)5(6,7)3-2-4(8)9/h2-3,7H2,1H3,(H,8,9). The van der Waals surface area contributed by atoms with Crippen molar-refractivity contribution in [2.75, 3.05) is 6.26 Å². The Morgan fingerprint density at radius 3 is 2.33 bits per heavy atom. The van der Waals surface area contributed by atoms with Gasteiger partial charge < -0.3 is 10.8 Å². The molecule has 0 aromatic rings. The van der Waals surface area contributed by atoms with E-state index in [9.17, 15) is 13.2 Å². The van der Waals surface area contributed by atoms with Crippen LogP contribution in [0.2, 0.25) is 0 Å². The van der Waals surface area contributed by atoms with Gasteiger partial charge in [-0.2, -0.15) is 0 Å². The number of carbonyl (C=O) groups is 1. The third kappa shape index (κ3) is 3.38. The largest absolute Gasteiger partial charge is 0.481 e. The molecule has 0 spiro atoms. The summed E-state index contributed by atoms with van der Waals surface area (Å²) >= 11 is 5.38. The molecule has 0 aliphatic heterocycles. The van der Waals surface area contributed by atoms with Crippen LogP contribution in [0, 0.1) is 0 Å². The van der Waals surface area contributed by atoms with Gasteiger partial charge >= 0.3 is 5.97 Å². The Morgan fingerprint density at radius 2 is 2.08 bits per heavy atom. The number of alkyl halides is 1. The van der Waals surface area contributed by atoms with E-state index in [-0.39, 0.29) is 12.8 Å². The number of halogens is 1. The number of carboxylic acids is 1. The second kappa shape index (κ2) is 3.59. The van der Waals surface area contributed by atoms with Crippen LogP contribution < -0.4 is 5.73 Å². The molecule has 72 valence electrons. The lowest BCUT2D eigenvalue weighted by Crippen LogP contribution is -2.41. The summed E-state index contributed by atoms with van der Waals surface area (Å²) in [5, 5.41) is 8.23. The van der Waals surface area contributed by atoms with Crippen molar-refractivity contribution in [3.8, 4) is 0 Å². The first-order valence-corrected chi connectivity index (χ1v) is 5.33. The number of nitrogens with two attached hydrogens (primary N) is 1. The van der Waals surface area contributed by atoms with Crippen molar-refractivity contribution < 1.29 is 18.3 Å². The van der Waals surface area contributed by atoms with E-state index in [2.05, 4.69) is 0 Å². The van der Waals surface area contributed by atoms with Gasteiger partial charge in [0.1, 0.15) is 0 Å². The van der Waals surface area contributed by atoms with Crippen molar-refractivity contribution in [2.45, 2.75) is 17.2 Å². The van der Waals surface area contributed by atoms with Gasteiger partial charge in [0.15, 0.2) is 14.2 Å². The first-order chi connectivity index (χ1) is 5.17. The quantitative estimate of drug-likeness (QED) is 0.498. The molecule has 0 rings (SSSR count). The van der Waals surface area contributed by atoms with E-state index < -0.39 is 20.1 Å². The number of hydrogen-bond donors (Lipinski definition) is 2. The van der Waals surface area contributed by atoms with E-state index in [1.54, 1.807) is 0 Å². The highest BCUT2D eigenvalue weighted by atomic mass is 35.5. The maximum absolute atomic E-state index is 10.8. The Labute approximate surface area is 75.4 Å². The molecule has 3 N–H and O–H groups in total. The maximum Gasteiger partial charge on any atom is 0.303 e. The maximum atomic E-state index is 10.8. The van der Waals surface area contributed by atoms with Crippen molar-refractivity contribution in [3.63, 3.8) is 0 Å². The molecule has 0 bridgehead atoms. The van der Waals surface area contributed by atoms with Crippen molar-refractivity contribution in [3.05, 3.63) is 0 Å². The highest BCUT2D eigenvalue weighted by Gasteiger charge is 2.34. The number of sulfone groups is 1. The second-order valence-corrected chi connectivity index (χ2v) is 5.62. The first-order valence-electron chi connectivity index (χ1n) is 3.06. The molecule has 0 heterocycles. The van der Waals surface area contributed by atoms with E-state index >= 15 is 0 Å². The summed E-state index contributed by atoms with van der Waals surface area (Å²) in [6.07, 6.45) is 0.192. The lowest BCUT2D eigenvalue weighted by Gasteiger charge is -2.18. The molecular formula is C5H10ClNO4S. The molecule has 12 heavy (non-hydrogen) atoms. The van der Waals surface area contributed by atoms with Crippen molar-refractivity contribution in [1.82, 2.24) is 0 Å². The number of aliphatic carboxylic acids is 1. The minimum atomic E-state index is -3.62. The minimum Gasteiger partial charge on any atom is -0.481 e. The lowest BCUT2D eigenvalue weighted by molar-refractivity contribution is -0.137. The lowest BCUT2D eigenvalue weighted by atomic mass is 10.3. The molecular weight excluding hydrogens is 206 g/mol. The predicted octanol–water partition coefficient (Wildman–Crippen LogP) is -0.253. The molecule has 0 amide bonds. The van der Waals surface area contributed by atoms with Gasteiger partial charge in [0.2, 0.25) is 0 Å². The first kappa shape index (κ1) is 11.7. The van der Waals surface area contributed by atoms with Gasteiger partial charge in [0.25, 0.3) is 0 Å². The molecule has 5 nitrogen and oxygen atoms in total. The third-order valence-electron chi connectivity index (χ3n) is 1.30. The number of hydrogen-bond acceptors (Lipinski definition) is 4. The molecule has 0 aromatic heterocycles. The van der Waals surface area contributed by atoms with Crippen LogP contribution in [-0.2, 0) is 14.6 Å². The molecule has 0 aliphatic carbocycles. The van der Waals surface area contributed by atoms with Crippen LogP contribution in [0.15, 0.2) is 0 Å². The van der Waals surface area contributed by atoms with Crippen LogP contribution >= 0.6 is 11.6 Å². The van der Waals surface area contributed by atoms with E-state index in [0.717, 1.165) is 6.26 Å². The SMILES string of the molecule is CS(=O)(=O)C(N)(Cl)CCC(=O)O. The van der Waals surface area contributed by atoms with Gasteiger partial charge in [0, 0.05) is 19.1 Å². The average molecular weight is 216 g/mol. The normalized spacial score (nSPS) is 16.9. The van der Waals surface area contributed by atoms with E-state index in [4.69, 9.17) is 22.4 Å². The van der Waals surface area contributed by atoms with E-state index in [0.29, 0.717) is 0 Å². The van der Waals surface area contributed by atoms with Gasteiger partial charge in [-0.3, -0.25) is 4.79 Å². The Balaban J connectivity index is 4.35. The molecule has 0 aliphatic rings. The highest BCUT2D eigenvalue weighted by Crippen LogP contribution is 2.21. The monoisotopic (exact) mass is 215 g/mol. The number of rotatable bonds is 4. The fraction of sp³-hybridized carbons (Fsp3) is 0.800. The Kier molecular flexibility index (Phi) is 3.49. The van der Waals surface area contributed by atoms with Crippen molar-refractivity contribution in [2.24, 2.45) is 5.73 Å². The molecule has 0 fully saturated rings. The van der Waals surface area contributed by atoms with Gasteiger partial charge in [0.05, 0.1) is 0 Å². The van der Waals surface area contributed by atoms with Crippen LogP contribution in [0.4, 0.5) is 0 Å². The van der Waals surface area contributed by atoms with Crippen LogP contribution in [0.5, 0.6) is 0 Å². The summed E-state index contributed by atoms with van der Waals surface area (Å²) in [4.78, 5) is 10.1. The van der Waals surface area contributed by atoms with Gasteiger partial charge in [-0.15, -0.1) is 0 Å². The van der Waals surface area contributed by atoms with Crippen molar-refractivity contribution in [1.29, 1.82) is 0 Å². The third-order valence-corrected chi connectivity index (χ3v) is 3.76. The average Bonchev–Trinajstić information content (AvgIpc) is 1.81. The zero-order valence-corrected chi connectivity index (χ0v) is 8.02. The summed E-state index contributed by atoms with van der Waals surface area (Å²) in [6, 6.07) is 0. The Morgan fingerprint density at radius 1 is 1.67 bits per heavy atom. The smallest absolute Gasteiger partial charge is 0.303 e. The number of carboxylic acid groups (broad SMARTS) is 1. The van der Waals surface area contributed by atoms with Crippen LogP contribution in [0.1, 0.15) is 12.8 Å². The van der Waals surface area contributed by atoms with Crippen LogP contribution in [-0.4, -0.2) is 30.1 Å². The van der Waals surface area contributed by atoms with Crippen molar-refractivity contribution >= 4 is 27.4 Å². The second-order valence-electron chi connectivity index (χ2n) is 2.45. The Bertz CT molecular complexity index is 271. The highest BCUT2D eigenvalue weighted by molar-refractivity contribution is 7.93. The van der Waals surface area contributed by atoms with E-state index in [1.165, 1.54) is 0 Å². The molecule has 7 heteroatoms. The Hall–Kier alpha value is -0.330. The minimum absolute atomic E-state index is 0.303. The molecule has 1 unspecified atom stereocenters. The predicted molar refractivity (Wildman–Crippen MR) is 44.5 cm³/mol. The van der Waals surface area contributed by atoms with Gasteiger partial charge in [-0.05, 0) is 0 Å². The van der Waals surface area contributed by atoms with E-state index in [1.807, 2.05) is 0 Å². The fourth-order valence-electron chi connectivity index (χ4n) is 0.463. The summed E-state index contributed by atoms with van der Waals surface area (Å²) in [6.45, 7) is 0. The zero-order valence-electron chi connectivity index (χ0n) is 6.45. The summed E-state index contributed by atoms with van der Waals surface area (Å²) in [5.41, 5.74) is 5.16. The fourth-order valence-corrected chi connectivity index (χ4v) is 1.03. The van der Waals surface area contributed by atoms with Gasteiger partial charge in [-0.1, -0.05) is 11.6 Å². The van der Waals surface area contributed by atoms with Crippen LogP contribution in [0.25, 0.3) is 0 Å². The molecule has 0 aromatic carbocycles. The molecule has 0 saturated heterocycles. The summed E-state index contributed by atoms with van der Waals surface area (Å²) in [7, 11) is -3.62. The molecule has 1 atom stereocenters. The summed E-state index contributed by atoms with van der Waals surface area (Å²) < 4.78 is 19.7. The zero-order chi connectivity index (χ0) is 9.99.